The molecule has 30 heavy (non-hydrogen) atoms. The first-order valence-corrected chi connectivity index (χ1v) is 10.5. The standard InChI is InChI=1S/C22H28N4O4/c1-29-18-6-4-17(5-7-18)26-21(27)9-8-20(24-26)25-12-10-16(11-13-25)22(28)23-15-19-3-2-14-30-19/h4-9,16,19H,2-3,10-15H2,1H3,(H,23,28)/t19-/m0/s1. The van der Waals surface area contributed by atoms with Crippen molar-refractivity contribution >= 4 is 11.7 Å². The summed E-state index contributed by atoms with van der Waals surface area (Å²) in [6.07, 6.45) is 3.79. The molecule has 2 saturated heterocycles. The Balaban J connectivity index is 1.37. The van der Waals surface area contributed by atoms with Crippen molar-refractivity contribution in [3.05, 3.63) is 46.8 Å². The molecule has 1 atom stereocenters. The Morgan fingerprint density at radius 1 is 1.17 bits per heavy atom. The van der Waals surface area contributed by atoms with Gasteiger partial charge in [0.25, 0.3) is 5.56 Å². The summed E-state index contributed by atoms with van der Waals surface area (Å²) in [4.78, 5) is 26.9. The molecule has 1 N–H and O–H groups in total. The molecule has 1 aromatic carbocycles. The van der Waals surface area contributed by atoms with Crippen LogP contribution in [0.4, 0.5) is 5.82 Å². The number of carbonyl (C=O) groups excluding carboxylic acids is 1. The number of nitrogens with one attached hydrogen (secondary N) is 1. The summed E-state index contributed by atoms with van der Waals surface area (Å²) in [5, 5.41) is 7.59. The first kappa shape index (κ1) is 20.4. The Bertz CT molecular complexity index is 913. The number of aromatic nitrogens is 2. The van der Waals surface area contributed by atoms with Crippen LogP contribution >= 0.6 is 0 Å². The first-order chi connectivity index (χ1) is 14.6. The molecular weight excluding hydrogens is 384 g/mol. The van der Waals surface area contributed by atoms with E-state index >= 15 is 0 Å². The maximum absolute atomic E-state index is 12.5. The molecular formula is C22H28N4O4. The number of hydrogen-bond donors (Lipinski definition) is 1. The van der Waals surface area contributed by atoms with Crippen molar-refractivity contribution in [3.63, 3.8) is 0 Å². The van der Waals surface area contributed by atoms with E-state index in [1.807, 2.05) is 12.1 Å². The zero-order valence-corrected chi connectivity index (χ0v) is 17.3. The summed E-state index contributed by atoms with van der Waals surface area (Å²) in [5.74, 6) is 1.59. The fraction of sp³-hybridized carbons (Fsp3) is 0.500. The molecule has 3 heterocycles. The van der Waals surface area contributed by atoms with Gasteiger partial charge in [-0.1, -0.05) is 0 Å². The maximum Gasteiger partial charge on any atom is 0.271 e. The van der Waals surface area contributed by atoms with E-state index in [4.69, 9.17) is 9.47 Å². The lowest BCUT2D eigenvalue weighted by atomic mass is 9.96. The summed E-state index contributed by atoms with van der Waals surface area (Å²) in [6, 6.07) is 10.5. The number of carbonyl (C=O) groups is 1. The smallest absolute Gasteiger partial charge is 0.271 e. The lowest BCUT2D eigenvalue weighted by molar-refractivity contribution is -0.126. The highest BCUT2D eigenvalue weighted by atomic mass is 16.5. The van der Waals surface area contributed by atoms with Crippen LogP contribution in [0.5, 0.6) is 5.75 Å². The first-order valence-electron chi connectivity index (χ1n) is 10.5. The third-order valence-electron chi connectivity index (χ3n) is 5.82. The van der Waals surface area contributed by atoms with Gasteiger partial charge in [0, 0.05) is 38.2 Å². The summed E-state index contributed by atoms with van der Waals surface area (Å²) in [7, 11) is 1.60. The van der Waals surface area contributed by atoms with Gasteiger partial charge in [-0.3, -0.25) is 9.59 Å². The number of rotatable bonds is 6. The largest absolute Gasteiger partial charge is 0.497 e. The van der Waals surface area contributed by atoms with Gasteiger partial charge in [0.15, 0.2) is 0 Å². The minimum absolute atomic E-state index is 0.00939. The molecule has 2 aromatic rings. The molecule has 8 heteroatoms. The summed E-state index contributed by atoms with van der Waals surface area (Å²) in [6.45, 7) is 2.86. The summed E-state index contributed by atoms with van der Waals surface area (Å²) in [5.41, 5.74) is 0.498. The second kappa shape index (κ2) is 9.30. The van der Waals surface area contributed by atoms with Crippen LogP contribution in [0.25, 0.3) is 5.69 Å². The molecule has 0 aliphatic carbocycles. The van der Waals surface area contributed by atoms with Crippen LogP contribution in [0.1, 0.15) is 25.7 Å². The Morgan fingerprint density at radius 2 is 1.93 bits per heavy atom. The molecule has 0 unspecified atom stereocenters. The maximum atomic E-state index is 12.5. The van der Waals surface area contributed by atoms with Crippen molar-refractivity contribution < 1.29 is 14.3 Å². The van der Waals surface area contributed by atoms with E-state index in [9.17, 15) is 9.59 Å². The zero-order valence-electron chi connectivity index (χ0n) is 17.3. The monoisotopic (exact) mass is 412 g/mol. The Kier molecular flexibility index (Phi) is 6.32. The Morgan fingerprint density at radius 3 is 2.60 bits per heavy atom. The van der Waals surface area contributed by atoms with Gasteiger partial charge >= 0.3 is 0 Å². The van der Waals surface area contributed by atoms with Crippen molar-refractivity contribution in [1.82, 2.24) is 15.1 Å². The van der Waals surface area contributed by atoms with Gasteiger partial charge in [0.05, 0.1) is 18.9 Å². The molecule has 0 bridgehead atoms. The fourth-order valence-electron chi connectivity index (χ4n) is 4.01. The van der Waals surface area contributed by atoms with Crippen molar-refractivity contribution in [2.45, 2.75) is 31.8 Å². The topological polar surface area (TPSA) is 85.7 Å². The molecule has 1 aromatic heterocycles. The van der Waals surface area contributed by atoms with Crippen LogP contribution in [0.2, 0.25) is 0 Å². The molecule has 4 rings (SSSR count). The van der Waals surface area contributed by atoms with Crippen LogP contribution in [0.3, 0.4) is 0 Å². The van der Waals surface area contributed by atoms with Crippen LogP contribution in [0.15, 0.2) is 41.2 Å². The van der Waals surface area contributed by atoms with Crippen LogP contribution in [0, 0.1) is 5.92 Å². The molecule has 0 spiro atoms. The average molecular weight is 412 g/mol. The van der Waals surface area contributed by atoms with Crippen LogP contribution < -0.4 is 20.5 Å². The molecule has 160 valence electrons. The second-order valence-electron chi connectivity index (χ2n) is 7.78. The molecule has 8 nitrogen and oxygen atoms in total. The van der Waals surface area contributed by atoms with Crippen molar-refractivity contribution in [1.29, 1.82) is 0 Å². The van der Waals surface area contributed by atoms with Gasteiger partial charge in [-0.15, -0.1) is 5.10 Å². The molecule has 2 aliphatic rings. The molecule has 2 aliphatic heterocycles. The highest BCUT2D eigenvalue weighted by Crippen LogP contribution is 2.22. The number of hydrogen-bond acceptors (Lipinski definition) is 6. The van der Waals surface area contributed by atoms with Crippen molar-refractivity contribution in [3.8, 4) is 11.4 Å². The quantitative estimate of drug-likeness (QED) is 0.778. The third kappa shape index (κ3) is 4.64. The van der Waals surface area contributed by atoms with Crippen LogP contribution in [-0.4, -0.2) is 55.1 Å². The number of anilines is 1. The zero-order chi connectivity index (χ0) is 20.9. The predicted octanol–water partition coefficient (Wildman–Crippen LogP) is 1.75. The van der Waals surface area contributed by atoms with Crippen molar-refractivity contribution in [2.75, 3.05) is 38.3 Å². The SMILES string of the molecule is COc1ccc(-n2nc(N3CCC(C(=O)NC[C@@H]4CCCO4)CC3)ccc2=O)cc1. The summed E-state index contributed by atoms with van der Waals surface area (Å²) >= 11 is 0. The minimum atomic E-state index is -0.188. The van der Waals surface area contributed by atoms with Gasteiger partial charge < -0.3 is 19.7 Å². The van der Waals surface area contributed by atoms with Gasteiger partial charge in [0.1, 0.15) is 11.6 Å². The van der Waals surface area contributed by atoms with E-state index in [1.165, 1.54) is 10.7 Å². The van der Waals surface area contributed by atoms with E-state index in [2.05, 4.69) is 15.3 Å². The number of ether oxygens (including phenoxy) is 2. The minimum Gasteiger partial charge on any atom is -0.497 e. The van der Waals surface area contributed by atoms with E-state index in [0.717, 1.165) is 56.9 Å². The number of amides is 1. The van der Waals surface area contributed by atoms with Crippen LogP contribution in [-0.2, 0) is 9.53 Å². The van der Waals surface area contributed by atoms with E-state index in [0.29, 0.717) is 12.2 Å². The van der Waals surface area contributed by atoms with Gasteiger partial charge in [-0.25, -0.2) is 0 Å². The van der Waals surface area contributed by atoms with E-state index in [1.54, 1.807) is 25.3 Å². The highest BCUT2D eigenvalue weighted by Gasteiger charge is 2.27. The molecule has 0 radical (unpaired) electrons. The van der Waals surface area contributed by atoms with E-state index < -0.39 is 0 Å². The second-order valence-corrected chi connectivity index (χ2v) is 7.78. The number of methoxy groups -OCH3 is 1. The summed E-state index contributed by atoms with van der Waals surface area (Å²) < 4.78 is 12.1. The highest BCUT2D eigenvalue weighted by molar-refractivity contribution is 5.79. The predicted molar refractivity (Wildman–Crippen MR) is 113 cm³/mol. The fourth-order valence-corrected chi connectivity index (χ4v) is 4.01. The van der Waals surface area contributed by atoms with Gasteiger partial charge in [-0.05, 0) is 56.0 Å². The number of nitrogens with zero attached hydrogens (tertiary/aromatic N) is 3. The van der Waals surface area contributed by atoms with Gasteiger partial charge in [0.2, 0.25) is 5.91 Å². The average Bonchev–Trinajstić information content (AvgIpc) is 3.32. The third-order valence-corrected chi connectivity index (χ3v) is 5.82. The Hall–Kier alpha value is -2.87. The normalized spacial score (nSPS) is 19.6. The number of piperidine rings is 1. The van der Waals surface area contributed by atoms with E-state index in [-0.39, 0.29) is 23.5 Å². The molecule has 1 amide bonds. The van der Waals surface area contributed by atoms with Crippen molar-refractivity contribution in [2.24, 2.45) is 5.92 Å². The number of benzene rings is 1. The lowest BCUT2D eigenvalue weighted by Crippen LogP contribution is -2.43. The molecule has 2 fully saturated rings. The Labute approximate surface area is 175 Å². The molecule has 0 saturated carbocycles. The lowest BCUT2D eigenvalue weighted by Gasteiger charge is -2.32. The van der Waals surface area contributed by atoms with Gasteiger partial charge in [-0.2, -0.15) is 4.68 Å².